The van der Waals surface area contributed by atoms with Crippen LogP contribution in [0.4, 0.5) is 0 Å². The molecular formula is C12H18N4O2. The van der Waals surface area contributed by atoms with Gasteiger partial charge in [-0.25, -0.2) is 4.98 Å². The topological polar surface area (TPSA) is 92.1 Å². The fourth-order valence-corrected chi connectivity index (χ4v) is 2.56. The number of rotatable bonds is 3. The molecule has 6 nitrogen and oxygen atoms in total. The van der Waals surface area contributed by atoms with Crippen LogP contribution in [0.2, 0.25) is 0 Å². The molecule has 1 saturated heterocycles. The summed E-state index contributed by atoms with van der Waals surface area (Å²) in [6.07, 6.45) is 1.81. The van der Waals surface area contributed by atoms with Gasteiger partial charge in [0.2, 0.25) is 5.91 Å². The lowest BCUT2D eigenvalue weighted by molar-refractivity contribution is -0.120. The monoisotopic (exact) mass is 250 g/mol. The fraction of sp³-hybridized carbons (Fsp3) is 0.583. The lowest BCUT2D eigenvalue weighted by atomic mass is 9.97. The van der Waals surface area contributed by atoms with Crippen LogP contribution in [0, 0.1) is 6.92 Å². The number of hydrogen-bond acceptors (Lipinski definition) is 4. The predicted octanol–water partition coefficient (Wildman–Crippen LogP) is -0.125. The first-order valence-corrected chi connectivity index (χ1v) is 6.03. The van der Waals surface area contributed by atoms with Crippen molar-refractivity contribution in [2.45, 2.75) is 32.2 Å². The van der Waals surface area contributed by atoms with Crippen LogP contribution in [0.15, 0.2) is 10.9 Å². The van der Waals surface area contributed by atoms with Crippen LogP contribution in [0.3, 0.4) is 0 Å². The number of hydrogen-bond donors (Lipinski definition) is 2. The van der Waals surface area contributed by atoms with E-state index in [-0.39, 0.29) is 18.0 Å². The molecule has 1 amide bonds. The minimum absolute atomic E-state index is 0.162. The van der Waals surface area contributed by atoms with Crippen LogP contribution in [0.25, 0.3) is 0 Å². The molecule has 0 aromatic carbocycles. The van der Waals surface area contributed by atoms with E-state index in [4.69, 9.17) is 5.73 Å². The van der Waals surface area contributed by atoms with Gasteiger partial charge >= 0.3 is 0 Å². The molecule has 1 aliphatic rings. The van der Waals surface area contributed by atoms with E-state index in [9.17, 15) is 9.59 Å². The lowest BCUT2D eigenvalue weighted by Gasteiger charge is -2.33. The largest absolute Gasteiger partial charge is 0.369 e. The molecular weight excluding hydrogens is 232 g/mol. The van der Waals surface area contributed by atoms with Gasteiger partial charge < -0.3 is 10.7 Å². The molecule has 0 saturated carbocycles. The number of H-pyrrole nitrogens is 1. The van der Waals surface area contributed by atoms with Gasteiger partial charge in [0, 0.05) is 11.8 Å². The summed E-state index contributed by atoms with van der Waals surface area (Å²) in [5.74, 6) is 0.254. The number of aromatic amines is 1. The number of nitrogens with one attached hydrogen (secondary N) is 1. The molecule has 3 N–H and O–H groups in total. The molecule has 2 heterocycles. The molecule has 0 unspecified atom stereocenters. The summed E-state index contributed by atoms with van der Waals surface area (Å²) in [4.78, 5) is 31.8. The van der Waals surface area contributed by atoms with E-state index in [2.05, 4.69) is 9.97 Å². The highest BCUT2D eigenvalue weighted by Gasteiger charge is 2.40. The average molecular weight is 250 g/mol. The van der Waals surface area contributed by atoms with Gasteiger partial charge in [-0.1, -0.05) is 0 Å². The van der Waals surface area contributed by atoms with Crippen molar-refractivity contribution in [3.05, 3.63) is 27.9 Å². The molecule has 0 radical (unpaired) electrons. The molecule has 6 heteroatoms. The molecule has 18 heavy (non-hydrogen) atoms. The second-order valence-corrected chi connectivity index (χ2v) is 5.00. The van der Waals surface area contributed by atoms with E-state index in [1.807, 2.05) is 11.8 Å². The van der Waals surface area contributed by atoms with Crippen LogP contribution in [-0.2, 0) is 10.3 Å². The summed E-state index contributed by atoms with van der Waals surface area (Å²) < 4.78 is 0. The maximum Gasteiger partial charge on any atom is 0.251 e. The Morgan fingerprint density at radius 3 is 3.00 bits per heavy atom. The molecule has 98 valence electrons. The van der Waals surface area contributed by atoms with Gasteiger partial charge in [0.15, 0.2) is 0 Å². The van der Waals surface area contributed by atoms with Crippen molar-refractivity contribution in [1.82, 2.24) is 14.9 Å². The van der Waals surface area contributed by atoms with Crippen LogP contribution < -0.4 is 11.3 Å². The first-order valence-electron chi connectivity index (χ1n) is 6.03. The van der Waals surface area contributed by atoms with E-state index in [0.717, 1.165) is 19.4 Å². The number of likely N-dealkylation sites (tertiary alicyclic amines) is 1. The van der Waals surface area contributed by atoms with Crippen LogP contribution in [0.5, 0.6) is 0 Å². The number of carbonyl (C=O) groups excluding carboxylic acids is 1. The van der Waals surface area contributed by atoms with Gasteiger partial charge in [0.05, 0.1) is 12.1 Å². The number of nitrogens with two attached hydrogens (primary N) is 1. The third kappa shape index (κ3) is 2.28. The second kappa shape index (κ2) is 4.53. The summed E-state index contributed by atoms with van der Waals surface area (Å²) in [5.41, 5.74) is 5.36. The number of nitrogens with zero attached hydrogens (tertiary/aromatic N) is 2. The normalized spacial score (nSPS) is 24.3. The Balaban J connectivity index is 2.39. The van der Waals surface area contributed by atoms with Crippen molar-refractivity contribution in [3.8, 4) is 0 Å². The Hall–Kier alpha value is -1.69. The lowest BCUT2D eigenvalue weighted by Crippen LogP contribution is -2.45. The van der Waals surface area contributed by atoms with E-state index >= 15 is 0 Å². The van der Waals surface area contributed by atoms with Gasteiger partial charge in [-0.2, -0.15) is 0 Å². The van der Waals surface area contributed by atoms with E-state index in [1.54, 1.807) is 6.92 Å². The Morgan fingerprint density at radius 1 is 1.67 bits per heavy atom. The van der Waals surface area contributed by atoms with Gasteiger partial charge in [-0.15, -0.1) is 0 Å². The summed E-state index contributed by atoms with van der Waals surface area (Å²) in [5, 5.41) is 0. The van der Waals surface area contributed by atoms with Crippen molar-refractivity contribution in [2.24, 2.45) is 5.73 Å². The Kier molecular flexibility index (Phi) is 3.21. The van der Waals surface area contributed by atoms with E-state index in [0.29, 0.717) is 11.5 Å². The Bertz CT molecular complexity index is 525. The maximum absolute atomic E-state index is 11.5. The molecule has 1 atom stereocenters. The minimum Gasteiger partial charge on any atom is -0.369 e. The molecule has 0 spiro atoms. The number of amides is 1. The molecule has 1 aromatic rings. The fourth-order valence-electron chi connectivity index (χ4n) is 2.56. The molecule has 0 bridgehead atoms. The molecule has 0 aliphatic carbocycles. The zero-order valence-electron chi connectivity index (χ0n) is 10.7. The number of aryl methyl sites for hydroxylation is 1. The van der Waals surface area contributed by atoms with E-state index < -0.39 is 5.54 Å². The van der Waals surface area contributed by atoms with E-state index in [1.165, 1.54) is 6.07 Å². The second-order valence-electron chi connectivity index (χ2n) is 5.00. The number of primary amides is 1. The number of aromatic nitrogens is 2. The summed E-state index contributed by atoms with van der Waals surface area (Å²) in [7, 11) is 0. The highest BCUT2D eigenvalue weighted by atomic mass is 16.1. The van der Waals surface area contributed by atoms with Gasteiger partial charge in [-0.05, 0) is 33.2 Å². The Morgan fingerprint density at radius 2 is 2.39 bits per heavy atom. The highest BCUT2D eigenvalue weighted by molar-refractivity contribution is 5.76. The van der Waals surface area contributed by atoms with Crippen LogP contribution >= 0.6 is 0 Å². The van der Waals surface area contributed by atoms with Crippen molar-refractivity contribution < 1.29 is 4.79 Å². The van der Waals surface area contributed by atoms with Crippen molar-refractivity contribution in [1.29, 1.82) is 0 Å². The standard InChI is InChI=1S/C12H18N4O2/c1-8-6-10(18)15-11(14-8)12(2)4-3-5-16(12)7-9(13)17/h6H,3-5,7H2,1-2H3,(H2,13,17)(H,14,15,18)/t12-/m0/s1. The van der Waals surface area contributed by atoms with Crippen LogP contribution in [-0.4, -0.2) is 33.9 Å². The molecule has 1 aromatic heterocycles. The first kappa shape index (κ1) is 12.8. The van der Waals surface area contributed by atoms with Crippen LogP contribution in [0.1, 0.15) is 31.3 Å². The summed E-state index contributed by atoms with van der Waals surface area (Å²) in [6, 6.07) is 1.46. The quantitative estimate of drug-likeness (QED) is 0.782. The zero-order chi connectivity index (χ0) is 13.3. The van der Waals surface area contributed by atoms with Crippen molar-refractivity contribution >= 4 is 5.91 Å². The molecule has 1 aliphatic heterocycles. The Labute approximate surface area is 105 Å². The molecule has 1 fully saturated rings. The average Bonchev–Trinajstić information content (AvgIpc) is 2.59. The third-order valence-corrected chi connectivity index (χ3v) is 3.52. The summed E-state index contributed by atoms with van der Waals surface area (Å²) in [6.45, 7) is 4.75. The maximum atomic E-state index is 11.5. The third-order valence-electron chi connectivity index (χ3n) is 3.52. The van der Waals surface area contributed by atoms with Crippen molar-refractivity contribution in [3.63, 3.8) is 0 Å². The molecule has 2 rings (SSSR count). The zero-order valence-corrected chi connectivity index (χ0v) is 10.7. The first-order chi connectivity index (χ1) is 8.41. The highest BCUT2D eigenvalue weighted by Crippen LogP contribution is 2.35. The van der Waals surface area contributed by atoms with Crippen molar-refractivity contribution in [2.75, 3.05) is 13.1 Å². The van der Waals surface area contributed by atoms with Gasteiger partial charge in [0.1, 0.15) is 5.82 Å². The minimum atomic E-state index is -0.416. The summed E-state index contributed by atoms with van der Waals surface area (Å²) >= 11 is 0. The smallest absolute Gasteiger partial charge is 0.251 e. The SMILES string of the molecule is Cc1cc(=O)[nH]c([C@]2(C)CCCN2CC(N)=O)n1. The number of carbonyl (C=O) groups is 1. The predicted molar refractivity (Wildman–Crippen MR) is 66.9 cm³/mol. The van der Waals surface area contributed by atoms with Gasteiger partial charge in [0.25, 0.3) is 5.56 Å². The van der Waals surface area contributed by atoms with Gasteiger partial charge in [-0.3, -0.25) is 14.5 Å².